The van der Waals surface area contributed by atoms with Gasteiger partial charge in [-0.2, -0.15) is 0 Å². The number of nitrogens with zero attached hydrogens (tertiary/aromatic N) is 3. The van der Waals surface area contributed by atoms with Gasteiger partial charge in [-0.3, -0.25) is 15.0 Å². The number of hydrogen-bond acceptors (Lipinski definition) is 4. The number of aliphatic imine (C=N–C) groups is 1. The van der Waals surface area contributed by atoms with Gasteiger partial charge in [0.2, 0.25) is 0 Å². The van der Waals surface area contributed by atoms with E-state index in [1.165, 1.54) is 76.3 Å². The summed E-state index contributed by atoms with van der Waals surface area (Å²) in [6, 6.07) is 8.09. The fourth-order valence-electron chi connectivity index (χ4n) is 4.35. The van der Waals surface area contributed by atoms with Crippen molar-refractivity contribution in [2.24, 2.45) is 4.99 Å². The van der Waals surface area contributed by atoms with Crippen LogP contribution >= 0.6 is 0 Å². The highest BCUT2D eigenvalue weighted by Gasteiger charge is 2.07. The van der Waals surface area contributed by atoms with Gasteiger partial charge >= 0.3 is 0 Å². The van der Waals surface area contributed by atoms with Crippen molar-refractivity contribution in [3.8, 4) is 0 Å². The molecule has 0 saturated heterocycles. The summed E-state index contributed by atoms with van der Waals surface area (Å²) in [5.74, 6) is 0. The van der Waals surface area contributed by atoms with Crippen LogP contribution in [0.4, 0.5) is 0 Å². The average Bonchev–Trinajstić information content (AvgIpc) is 2.92. The van der Waals surface area contributed by atoms with E-state index in [1.54, 1.807) is 4.90 Å². The number of halogens is 1. The molecular formula is C31H50BrN5. The summed E-state index contributed by atoms with van der Waals surface area (Å²) in [5, 5.41) is 3.63. The third-order valence-corrected chi connectivity index (χ3v) is 6.58. The van der Waals surface area contributed by atoms with Crippen LogP contribution in [0.2, 0.25) is 0 Å². The highest BCUT2D eigenvalue weighted by atomic mass is 79.9. The van der Waals surface area contributed by atoms with Crippen molar-refractivity contribution in [1.82, 2.24) is 15.3 Å². The summed E-state index contributed by atoms with van der Waals surface area (Å²) in [5.41, 5.74) is 2.34. The molecule has 206 valence electrons. The van der Waals surface area contributed by atoms with Crippen molar-refractivity contribution in [1.29, 1.82) is 0 Å². The first-order valence-electron chi connectivity index (χ1n) is 14.4. The first-order chi connectivity index (χ1) is 17.9. The van der Waals surface area contributed by atoms with Gasteiger partial charge in [-0.05, 0) is 61.2 Å². The molecule has 2 aromatic heterocycles. The maximum Gasteiger partial charge on any atom is 0.0970 e. The lowest BCUT2D eigenvalue weighted by Crippen LogP contribution is -3.13. The molecule has 6 heteroatoms. The Morgan fingerprint density at radius 2 is 1.32 bits per heavy atom. The van der Waals surface area contributed by atoms with Crippen molar-refractivity contribution < 1.29 is 21.9 Å². The van der Waals surface area contributed by atoms with Crippen LogP contribution in [0.5, 0.6) is 0 Å². The molecule has 1 unspecified atom stereocenters. The maximum atomic E-state index is 4.67. The molecular weight excluding hydrogens is 522 g/mol. The largest absolute Gasteiger partial charge is 1.00 e. The Bertz CT molecular complexity index is 798. The average molecular weight is 573 g/mol. The van der Waals surface area contributed by atoms with Crippen molar-refractivity contribution in [2.75, 3.05) is 39.3 Å². The van der Waals surface area contributed by atoms with Crippen LogP contribution in [0.15, 0.2) is 60.1 Å². The van der Waals surface area contributed by atoms with E-state index in [-0.39, 0.29) is 17.0 Å². The minimum atomic E-state index is 0. The Morgan fingerprint density at radius 1 is 0.730 bits per heavy atom. The fraction of sp³-hybridized carbons (Fsp3) is 0.581. The predicted octanol–water partition coefficient (Wildman–Crippen LogP) is 2.40. The Hall–Kier alpha value is -1.89. The molecule has 2 heterocycles. The van der Waals surface area contributed by atoms with Crippen LogP contribution < -0.4 is 27.2 Å². The number of quaternary nitrogens is 1. The zero-order chi connectivity index (χ0) is 25.4. The smallest absolute Gasteiger partial charge is 0.0970 e. The van der Waals surface area contributed by atoms with Gasteiger partial charge < -0.3 is 27.2 Å². The number of aromatic nitrogens is 2. The molecule has 2 N–H and O–H groups in total. The summed E-state index contributed by atoms with van der Waals surface area (Å²) < 4.78 is 0. The quantitative estimate of drug-likeness (QED) is 0.168. The molecule has 0 spiro atoms. The lowest BCUT2D eigenvalue weighted by molar-refractivity contribution is -0.897. The standard InChI is InChI=1S/C31H49N5.BrH/c1-2-3-4-5-6-7-8-9-10-13-26-36(28-25-35-29-31-17-22-34-23-18-31)27-24-32-19-12-11-14-30-15-20-33-21-16-30;/h11,14-18,20-23,29,32H,2-10,12-13,19,24-28H2,1H3;1H/b14-11-,35-29?;. The normalized spacial score (nSPS) is 12.2. The van der Waals surface area contributed by atoms with E-state index in [1.807, 2.05) is 55.3 Å². The van der Waals surface area contributed by atoms with Gasteiger partial charge in [0.1, 0.15) is 0 Å². The molecule has 0 saturated carbocycles. The van der Waals surface area contributed by atoms with E-state index in [0.29, 0.717) is 0 Å². The highest BCUT2D eigenvalue weighted by Crippen LogP contribution is 2.10. The van der Waals surface area contributed by atoms with Gasteiger partial charge in [0.15, 0.2) is 0 Å². The van der Waals surface area contributed by atoms with E-state index in [4.69, 9.17) is 0 Å². The Labute approximate surface area is 237 Å². The van der Waals surface area contributed by atoms with Gasteiger partial charge in [-0.25, -0.2) is 0 Å². The van der Waals surface area contributed by atoms with Crippen LogP contribution in [0.1, 0.15) is 88.7 Å². The number of unbranched alkanes of at least 4 members (excludes halogenated alkanes) is 9. The van der Waals surface area contributed by atoms with Crippen LogP contribution in [0, 0.1) is 0 Å². The topological polar surface area (TPSA) is 54.6 Å². The monoisotopic (exact) mass is 571 g/mol. The minimum Gasteiger partial charge on any atom is -1.00 e. The third-order valence-electron chi connectivity index (χ3n) is 6.58. The molecule has 37 heavy (non-hydrogen) atoms. The van der Waals surface area contributed by atoms with Crippen molar-refractivity contribution in [2.45, 2.75) is 77.6 Å². The highest BCUT2D eigenvalue weighted by molar-refractivity contribution is 5.79. The number of nitrogens with one attached hydrogen (secondary N) is 2. The molecule has 1 atom stereocenters. The van der Waals surface area contributed by atoms with Crippen molar-refractivity contribution in [3.63, 3.8) is 0 Å². The van der Waals surface area contributed by atoms with E-state index >= 15 is 0 Å². The van der Waals surface area contributed by atoms with Gasteiger partial charge in [-0.15, -0.1) is 0 Å². The second kappa shape index (κ2) is 24.4. The van der Waals surface area contributed by atoms with Gasteiger partial charge in [0.25, 0.3) is 0 Å². The molecule has 0 aliphatic carbocycles. The summed E-state index contributed by atoms with van der Waals surface area (Å²) in [7, 11) is 0. The van der Waals surface area contributed by atoms with Crippen molar-refractivity contribution >= 4 is 12.3 Å². The molecule has 0 amide bonds. The van der Waals surface area contributed by atoms with Gasteiger partial charge in [0, 0.05) is 37.5 Å². The van der Waals surface area contributed by atoms with Crippen molar-refractivity contribution in [3.05, 3.63) is 66.3 Å². The maximum absolute atomic E-state index is 4.67. The fourth-order valence-corrected chi connectivity index (χ4v) is 4.35. The van der Waals surface area contributed by atoms with Gasteiger partial charge in [0.05, 0.1) is 26.2 Å². The second-order valence-corrected chi connectivity index (χ2v) is 9.72. The molecule has 0 bridgehead atoms. The summed E-state index contributed by atoms with van der Waals surface area (Å²) in [6.45, 7) is 8.77. The first kappa shape index (κ1) is 33.1. The van der Waals surface area contributed by atoms with E-state index in [2.05, 4.69) is 39.4 Å². The van der Waals surface area contributed by atoms with E-state index in [9.17, 15) is 0 Å². The predicted molar refractivity (Wildman–Crippen MR) is 155 cm³/mol. The second-order valence-electron chi connectivity index (χ2n) is 9.72. The van der Waals surface area contributed by atoms with Crippen LogP contribution in [0.25, 0.3) is 6.08 Å². The summed E-state index contributed by atoms with van der Waals surface area (Å²) >= 11 is 0. The number of hydrogen-bond donors (Lipinski definition) is 2. The summed E-state index contributed by atoms with van der Waals surface area (Å²) in [6.07, 6.45) is 28.7. The van der Waals surface area contributed by atoms with Crippen LogP contribution in [-0.2, 0) is 0 Å². The first-order valence-corrected chi connectivity index (χ1v) is 14.4. The van der Waals surface area contributed by atoms with Crippen LogP contribution in [0.3, 0.4) is 0 Å². The third kappa shape index (κ3) is 18.9. The molecule has 0 fully saturated rings. The van der Waals surface area contributed by atoms with E-state index < -0.39 is 0 Å². The molecule has 2 aromatic rings. The van der Waals surface area contributed by atoms with E-state index in [0.717, 1.165) is 44.7 Å². The number of rotatable bonds is 22. The molecule has 0 aliphatic rings. The zero-order valence-corrected chi connectivity index (χ0v) is 24.7. The number of pyridine rings is 2. The Balaban J connectivity index is 0.00000684. The molecule has 5 nitrogen and oxygen atoms in total. The molecule has 0 aromatic carbocycles. The SMILES string of the molecule is CCCCCCCCCCCC[NH+](CCN=Cc1ccncc1)CCNCC/C=C\c1ccncc1.[Br-]. The lowest BCUT2D eigenvalue weighted by Gasteiger charge is -2.19. The summed E-state index contributed by atoms with van der Waals surface area (Å²) in [4.78, 5) is 14.5. The lowest BCUT2D eigenvalue weighted by atomic mass is 10.1. The van der Waals surface area contributed by atoms with Crippen LogP contribution in [-0.4, -0.2) is 55.5 Å². The molecule has 2 rings (SSSR count). The Morgan fingerprint density at radius 3 is 1.97 bits per heavy atom. The molecule has 0 aliphatic heterocycles. The Kier molecular flexibility index (Phi) is 21.9. The minimum absolute atomic E-state index is 0. The molecule has 0 radical (unpaired) electrons. The van der Waals surface area contributed by atoms with Gasteiger partial charge in [-0.1, -0.05) is 70.4 Å². The zero-order valence-electron chi connectivity index (χ0n) is 23.1.